The summed E-state index contributed by atoms with van der Waals surface area (Å²) in [4.78, 5) is 4.11. The van der Waals surface area contributed by atoms with Crippen LogP contribution in [-0.4, -0.2) is 19.7 Å². The largest absolute Gasteiger partial charge is 0.448 e. The van der Waals surface area contributed by atoms with Gasteiger partial charge < -0.3 is 4.42 Å². The standard InChI is InChI=1S/C9H11ClN4O/c1-3-8-12-13-9(10)14(8)4-7-6(2)15-5-11-7/h5H,3-4H2,1-2H3. The summed E-state index contributed by atoms with van der Waals surface area (Å²) in [6.45, 7) is 4.43. The molecule has 0 aliphatic rings. The predicted molar refractivity (Wildman–Crippen MR) is 54.8 cm³/mol. The molecule has 2 rings (SSSR count). The molecule has 0 amide bonds. The lowest BCUT2D eigenvalue weighted by Gasteiger charge is -2.03. The first-order valence-electron chi connectivity index (χ1n) is 4.69. The second-order valence-electron chi connectivity index (χ2n) is 3.18. The van der Waals surface area contributed by atoms with E-state index < -0.39 is 0 Å². The van der Waals surface area contributed by atoms with Crippen molar-refractivity contribution in [3.63, 3.8) is 0 Å². The Balaban J connectivity index is 2.31. The highest BCUT2D eigenvalue weighted by atomic mass is 35.5. The van der Waals surface area contributed by atoms with Crippen molar-refractivity contribution >= 4 is 11.6 Å². The molecule has 0 aromatic carbocycles. The second-order valence-corrected chi connectivity index (χ2v) is 3.52. The van der Waals surface area contributed by atoms with Crippen molar-refractivity contribution in [2.75, 3.05) is 0 Å². The third-order valence-electron chi connectivity index (χ3n) is 2.25. The number of aryl methyl sites for hydroxylation is 2. The Labute approximate surface area is 92.1 Å². The molecule has 0 aliphatic carbocycles. The van der Waals surface area contributed by atoms with Crippen molar-refractivity contribution < 1.29 is 4.42 Å². The Morgan fingerprint density at radius 1 is 1.47 bits per heavy atom. The van der Waals surface area contributed by atoms with Gasteiger partial charge in [0.1, 0.15) is 17.3 Å². The summed E-state index contributed by atoms with van der Waals surface area (Å²) < 4.78 is 6.94. The van der Waals surface area contributed by atoms with E-state index in [9.17, 15) is 0 Å². The van der Waals surface area contributed by atoms with Crippen LogP contribution in [0.2, 0.25) is 5.28 Å². The lowest BCUT2D eigenvalue weighted by atomic mass is 10.3. The van der Waals surface area contributed by atoms with Gasteiger partial charge in [0.15, 0.2) is 6.39 Å². The molecule has 0 N–H and O–H groups in total. The van der Waals surface area contributed by atoms with E-state index in [1.807, 2.05) is 18.4 Å². The first kappa shape index (κ1) is 10.2. The zero-order chi connectivity index (χ0) is 10.8. The molecule has 0 fully saturated rings. The fraction of sp³-hybridized carbons (Fsp3) is 0.444. The van der Waals surface area contributed by atoms with Crippen LogP contribution in [0, 0.1) is 6.92 Å². The highest BCUT2D eigenvalue weighted by Gasteiger charge is 2.12. The van der Waals surface area contributed by atoms with Crippen molar-refractivity contribution in [2.45, 2.75) is 26.8 Å². The van der Waals surface area contributed by atoms with Crippen molar-refractivity contribution in [1.82, 2.24) is 19.7 Å². The number of aromatic nitrogens is 4. The molecule has 2 aromatic heterocycles. The Morgan fingerprint density at radius 3 is 2.87 bits per heavy atom. The van der Waals surface area contributed by atoms with Crippen LogP contribution >= 0.6 is 11.6 Å². The fourth-order valence-electron chi connectivity index (χ4n) is 1.36. The van der Waals surface area contributed by atoms with Crippen LogP contribution in [0.25, 0.3) is 0 Å². The molecule has 0 unspecified atom stereocenters. The van der Waals surface area contributed by atoms with Gasteiger partial charge in [-0.1, -0.05) is 6.92 Å². The smallest absolute Gasteiger partial charge is 0.225 e. The highest BCUT2D eigenvalue weighted by molar-refractivity contribution is 6.28. The van der Waals surface area contributed by atoms with Crippen molar-refractivity contribution in [3.05, 3.63) is 29.0 Å². The summed E-state index contributed by atoms with van der Waals surface area (Å²) in [5.74, 6) is 1.64. The van der Waals surface area contributed by atoms with Gasteiger partial charge in [0, 0.05) is 6.42 Å². The predicted octanol–water partition coefficient (Wildman–Crippen LogP) is 1.84. The lowest BCUT2D eigenvalue weighted by molar-refractivity contribution is 0.523. The summed E-state index contributed by atoms with van der Waals surface area (Å²) in [5, 5.41) is 8.17. The normalized spacial score (nSPS) is 10.9. The molecule has 5 nitrogen and oxygen atoms in total. The van der Waals surface area contributed by atoms with Crippen LogP contribution < -0.4 is 0 Å². The molecule has 6 heteroatoms. The van der Waals surface area contributed by atoms with Gasteiger partial charge in [0.05, 0.1) is 6.54 Å². The van der Waals surface area contributed by atoms with E-state index in [2.05, 4.69) is 15.2 Å². The van der Waals surface area contributed by atoms with Crippen LogP contribution in [0.15, 0.2) is 10.8 Å². The average molecular weight is 227 g/mol. The molecule has 0 bridgehead atoms. The summed E-state index contributed by atoms with van der Waals surface area (Å²) >= 11 is 5.92. The molecule has 15 heavy (non-hydrogen) atoms. The number of rotatable bonds is 3. The Kier molecular flexibility index (Phi) is 2.73. The van der Waals surface area contributed by atoms with Gasteiger partial charge in [0.25, 0.3) is 0 Å². The van der Waals surface area contributed by atoms with E-state index in [4.69, 9.17) is 16.0 Å². The van der Waals surface area contributed by atoms with Crippen LogP contribution in [0.3, 0.4) is 0 Å². The average Bonchev–Trinajstić information content (AvgIpc) is 2.77. The third-order valence-corrected chi connectivity index (χ3v) is 2.53. The minimum Gasteiger partial charge on any atom is -0.448 e. The monoisotopic (exact) mass is 226 g/mol. The van der Waals surface area contributed by atoms with E-state index in [1.165, 1.54) is 6.39 Å². The van der Waals surface area contributed by atoms with Crippen LogP contribution in [0.1, 0.15) is 24.2 Å². The van der Waals surface area contributed by atoms with Gasteiger partial charge in [0.2, 0.25) is 5.28 Å². The number of hydrogen-bond donors (Lipinski definition) is 0. The first-order chi connectivity index (χ1) is 7.22. The Hall–Kier alpha value is -1.36. The number of oxazole rings is 1. The molecule has 2 aromatic rings. The topological polar surface area (TPSA) is 56.7 Å². The third kappa shape index (κ3) is 1.87. The van der Waals surface area contributed by atoms with E-state index in [0.29, 0.717) is 11.8 Å². The highest BCUT2D eigenvalue weighted by Crippen LogP contribution is 2.13. The number of hydrogen-bond acceptors (Lipinski definition) is 4. The maximum Gasteiger partial charge on any atom is 0.225 e. The molecule has 0 saturated heterocycles. The Bertz CT molecular complexity index is 462. The molecule has 80 valence electrons. The quantitative estimate of drug-likeness (QED) is 0.801. The molecule has 0 atom stereocenters. The van der Waals surface area contributed by atoms with E-state index >= 15 is 0 Å². The van der Waals surface area contributed by atoms with Crippen LogP contribution in [0.5, 0.6) is 0 Å². The Morgan fingerprint density at radius 2 is 2.27 bits per heavy atom. The van der Waals surface area contributed by atoms with E-state index in [0.717, 1.165) is 23.7 Å². The zero-order valence-electron chi connectivity index (χ0n) is 8.57. The molecular formula is C9H11ClN4O. The van der Waals surface area contributed by atoms with Crippen LogP contribution in [0.4, 0.5) is 0 Å². The van der Waals surface area contributed by atoms with Gasteiger partial charge in [-0.05, 0) is 18.5 Å². The van der Waals surface area contributed by atoms with Gasteiger partial charge in [-0.25, -0.2) is 4.98 Å². The summed E-state index contributed by atoms with van der Waals surface area (Å²) in [6.07, 6.45) is 2.21. The minimum atomic E-state index is 0.384. The molecule has 0 aliphatic heterocycles. The molecule has 0 saturated carbocycles. The zero-order valence-corrected chi connectivity index (χ0v) is 9.32. The number of halogens is 1. The summed E-state index contributed by atoms with van der Waals surface area (Å²) in [7, 11) is 0. The molecule has 0 spiro atoms. The van der Waals surface area contributed by atoms with Crippen LogP contribution in [-0.2, 0) is 13.0 Å². The van der Waals surface area contributed by atoms with Crippen molar-refractivity contribution in [1.29, 1.82) is 0 Å². The van der Waals surface area contributed by atoms with E-state index in [1.54, 1.807) is 0 Å². The lowest BCUT2D eigenvalue weighted by Crippen LogP contribution is -2.05. The van der Waals surface area contributed by atoms with Crippen molar-refractivity contribution in [2.24, 2.45) is 0 Å². The SMILES string of the molecule is CCc1nnc(Cl)n1Cc1ncoc1C. The maximum absolute atomic E-state index is 5.92. The van der Waals surface area contributed by atoms with Gasteiger partial charge in [-0.3, -0.25) is 4.57 Å². The second kappa shape index (κ2) is 4.02. The molecule has 0 radical (unpaired) electrons. The fourth-order valence-corrected chi connectivity index (χ4v) is 1.56. The van der Waals surface area contributed by atoms with Gasteiger partial charge >= 0.3 is 0 Å². The first-order valence-corrected chi connectivity index (χ1v) is 5.06. The van der Waals surface area contributed by atoms with Crippen molar-refractivity contribution in [3.8, 4) is 0 Å². The number of nitrogens with zero attached hydrogens (tertiary/aromatic N) is 4. The maximum atomic E-state index is 5.92. The van der Waals surface area contributed by atoms with Gasteiger partial charge in [-0.2, -0.15) is 0 Å². The summed E-state index contributed by atoms with van der Waals surface area (Å²) in [5.41, 5.74) is 0.853. The minimum absolute atomic E-state index is 0.384. The van der Waals surface area contributed by atoms with E-state index in [-0.39, 0.29) is 0 Å². The molecule has 2 heterocycles. The van der Waals surface area contributed by atoms with Gasteiger partial charge in [-0.15, -0.1) is 10.2 Å². The molecular weight excluding hydrogens is 216 g/mol. The summed E-state index contributed by atoms with van der Waals surface area (Å²) in [6, 6.07) is 0.